The van der Waals surface area contributed by atoms with Crippen LogP contribution in [0, 0.1) is 11.3 Å². The Balaban J connectivity index is 3.23. The minimum absolute atomic E-state index is 0.800. The lowest BCUT2D eigenvalue weighted by Gasteiger charge is -2.22. The molecule has 0 radical (unpaired) electrons. The van der Waals surface area contributed by atoms with E-state index in [4.69, 9.17) is 0 Å². The van der Waals surface area contributed by atoms with Gasteiger partial charge in [0.05, 0.1) is 11.3 Å². The van der Waals surface area contributed by atoms with Crippen LogP contribution in [-0.4, -0.2) is 19.3 Å². The monoisotopic (exact) mass is 220 g/mol. The van der Waals surface area contributed by atoms with Crippen LogP contribution >= 0.6 is 11.8 Å². The van der Waals surface area contributed by atoms with E-state index in [1.165, 1.54) is 0 Å². The summed E-state index contributed by atoms with van der Waals surface area (Å²) >= 11 is 1.62. The average molecular weight is 220 g/mol. The second-order valence-electron chi connectivity index (χ2n) is 3.14. The normalized spacial score (nSPS) is 9.73. The number of nitrogens with zero attached hydrogens (tertiary/aromatic N) is 2. The molecule has 0 aliphatic rings. The number of rotatable bonds is 4. The summed E-state index contributed by atoms with van der Waals surface area (Å²) in [5.41, 5.74) is 1.85. The summed E-state index contributed by atoms with van der Waals surface area (Å²) in [6.45, 7) is 6.08. The van der Waals surface area contributed by atoms with Gasteiger partial charge in [-0.2, -0.15) is 5.26 Å². The van der Waals surface area contributed by atoms with Gasteiger partial charge in [-0.05, 0) is 32.2 Å². The van der Waals surface area contributed by atoms with Crippen LogP contribution in [0.15, 0.2) is 23.1 Å². The Labute approximate surface area is 95.9 Å². The Morgan fingerprint density at radius 3 is 2.47 bits per heavy atom. The molecule has 0 aromatic heterocycles. The lowest BCUT2D eigenvalue weighted by molar-refractivity contribution is 0.862. The standard InChI is InChI=1S/C12H16N2S/c1-4-14(5-2)11-7-6-8-12(15-3)10(11)9-13/h6-8H,4-5H2,1-3H3. The summed E-state index contributed by atoms with van der Waals surface area (Å²) in [5.74, 6) is 0. The van der Waals surface area contributed by atoms with Crippen LogP contribution in [0.4, 0.5) is 5.69 Å². The third kappa shape index (κ3) is 2.45. The zero-order valence-electron chi connectivity index (χ0n) is 9.45. The molecule has 15 heavy (non-hydrogen) atoms. The van der Waals surface area contributed by atoms with Gasteiger partial charge in [0.25, 0.3) is 0 Å². The Morgan fingerprint density at radius 2 is 2.00 bits per heavy atom. The van der Waals surface area contributed by atoms with Gasteiger partial charge in [-0.3, -0.25) is 0 Å². The molecule has 0 fully saturated rings. The molecule has 0 spiro atoms. The molecule has 0 saturated carbocycles. The molecule has 1 rings (SSSR count). The first kappa shape index (κ1) is 11.9. The summed E-state index contributed by atoms with van der Waals surface area (Å²) in [7, 11) is 0. The van der Waals surface area contributed by atoms with Crippen LogP contribution in [0.25, 0.3) is 0 Å². The van der Waals surface area contributed by atoms with E-state index >= 15 is 0 Å². The smallest absolute Gasteiger partial charge is 0.103 e. The van der Waals surface area contributed by atoms with Gasteiger partial charge in [0.2, 0.25) is 0 Å². The molecule has 1 aromatic carbocycles. The maximum absolute atomic E-state index is 9.18. The Hall–Kier alpha value is -1.14. The van der Waals surface area contributed by atoms with Gasteiger partial charge >= 0.3 is 0 Å². The fraction of sp³-hybridized carbons (Fsp3) is 0.417. The van der Waals surface area contributed by atoms with Crippen molar-refractivity contribution in [1.29, 1.82) is 5.26 Å². The Bertz CT molecular complexity index is 364. The van der Waals surface area contributed by atoms with Crippen molar-refractivity contribution in [2.24, 2.45) is 0 Å². The van der Waals surface area contributed by atoms with Gasteiger partial charge in [-0.25, -0.2) is 0 Å². The molecule has 1 aromatic rings. The van der Waals surface area contributed by atoms with Crippen LogP contribution in [0.1, 0.15) is 19.4 Å². The molecule has 0 bridgehead atoms. The summed E-state index contributed by atoms with van der Waals surface area (Å²) in [6, 6.07) is 8.33. The Kier molecular flexibility index (Phi) is 4.51. The van der Waals surface area contributed by atoms with Crippen LogP contribution in [-0.2, 0) is 0 Å². The number of hydrogen-bond donors (Lipinski definition) is 0. The number of anilines is 1. The molecule has 80 valence electrons. The van der Waals surface area contributed by atoms with Crippen molar-refractivity contribution in [1.82, 2.24) is 0 Å². The maximum Gasteiger partial charge on any atom is 0.103 e. The molecule has 0 atom stereocenters. The summed E-state index contributed by atoms with van der Waals surface area (Å²) in [6.07, 6.45) is 2.00. The van der Waals surface area contributed by atoms with E-state index < -0.39 is 0 Å². The van der Waals surface area contributed by atoms with Gasteiger partial charge in [-0.1, -0.05) is 6.07 Å². The van der Waals surface area contributed by atoms with Crippen molar-refractivity contribution in [2.75, 3.05) is 24.2 Å². The van der Waals surface area contributed by atoms with E-state index in [0.29, 0.717) is 0 Å². The lowest BCUT2D eigenvalue weighted by atomic mass is 10.1. The van der Waals surface area contributed by atoms with E-state index in [1.54, 1.807) is 11.8 Å². The fourth-order valence-corrected chi connectivity index (χ4v) is 2.20. The van der Waals surface area contributed by atoms with Crippen molar-refractivity contribution < 1.29 is 0 Å². The van der Waals surface area contributed by atoms with E-state index in [0.717, 1.165) is 29.2 Å². The first-order chi connectivity index (χ1) is 7.28. The zero-order valence-corrected chi connectivity index (χ0v) is 10.3. The fourth-order valence-electron chi connectivity index (χ4n) is 1.63. The highest BCUT2D eigenvalue weighted by Crippen LogP contribution is 2.28. The van der Waals surface area contributed by atoms with Crippen molar-refractivity contribution in [3.8, 4) is 6.07 Å². The number of benzene rings is 1. The van der Waals surface area contributed by atoms with Gasteiger partial charge in [-0.15, -0.1) is 11.8 Å². The van der Waals surface area contributed by atoms with Gasteiger partial charge in [0.1, 0.15) is 6.07 Å². The number of nitriles is 1. The maximum atomic E-state index is 9.18. The predicted octanol–water partition coefficient (Wildman–Crippen LogP) is 3.13. The molecule has 0 N–H and O–H groups in total. The summed E-state index contributed by atoms with van der Waals surface area (Å²) in [5, 5.41) is 9.18. The zero-order chi connectivity index (χ0) is 11.3. The third-order valence-corrected chi connectivity index (χ3v) is 3.22. The van der Waals surface area contributed by atoms with E-state index in [1.807, 2.05) is 24.5 Å². The minimum atomic E-state index is 0.800. The van der Waals surface area contributed by atoms with Gasteiger partial charge in [0.15, 0.2) is 0 Å². The van der Waals surface area contributed by atoms with Crippen LogP contribution < -0.4 is 4.90 Å². The van der Waals surface area contributed by atoms with Crippen LogP contribution in [0.5, 0.6) is 0 Å². The molecule has 0 aliphatic carbocycles. The molecule has 0 amide bonds. The largest absolute Gasteiger partial charge is 0.371 e. The molecule has 2 nitrogen and oxygen atoms in total. The van der Waals surface area contributed by atoms with Gasteiger partial charge in [0, 0.05) is 18.0 Å². The van der Waals surface area contributed by atoms with E-state index in [-0.39, 0.29) is 0 Å². The van der Waals surface area contributed by atoms with Crippen molar-refractivity contribution in [3.63, 3.8) is 0 Å². The molecule has 0 saturated heterocycles. The lowest BCUT2D eigenvalue weighted by Crippen LogP contribution is -2.22. The molecule has 0 heterocycles. The quantitative estimate of drug-likeness (QED) is 0.729. The summed E-state index contributed by atoms with van der Waals surface area (Å²) < 4.78 is 0. The topological polar surface area (TPSA) is 27.0 Å². The highest BCUT2D eigenvalue weighted by molar-refractivity contribution is 7.98. The highest BCUT2D eigenvalue weighted by atomic mass is 32.2. The van der Waals surface area contributed by atoms with Crippen LogP contribution in [0.3, 0.4) is 0 Å². The summed E-state index contributed by atoms with van der Waals surface area (Å²) in [4.78, 5) is 3.26. The second-order valence-corrected chi connectivity index (χ2v) is 3.99. The van der Waals surface area contributed by atoms with Crippen molar-refractivity contribution >= 4 is 17.4 Å². The van der Waals surface area contributed by atoms with Crippen molar-refractivity contribution in [3.05, 3.63) is 23.8 Å². The first-order valence-electron chi connectivity index (χ1n) is 5.10. The van der Waals surface area contributed by atoms with E-state index in [9.17, 15) is 5.26 Å². The first-order valence-corrected chi connectivity index (χ1v) is 6.33. The molecular weight excluding hydrogens is 204 g/mol. The SMILES string of the molecule is CCN(CC)c1cccc(SC)c1C#N. The number of hydrogen-bond acceptors (Lipinski definition) is 3. The second kappa shape index (κ2) is 5.67. The molecule has 0 unspecified atom stereocenters. The third-order valence-electron chi connectivity index (χ3n) is 2.44. The molecular formula is C12H16N2S. The average Bonchev–Trinajstić information content (AvgIpc) is 2.30. The molecule has 0 aliphatic heterocycles. The highest BCUT2D eigenvalue weighted by Gasteiger charge is 2.11. The Morgan fingerprint density at radius 1 is 1.33 bits per heavy atom. The van der Waals surface area contributed by atoms with E-state index in [2.05, 4.69) is 24.8 Å². The molecule has 3 heteroatoms. The van der Waals surface area contributed by atoms with Crippen LogP contribution in [0.2, 0.25) is 0 Å². The number of thioether (sulfide) groups is 1. The predicted molar refractivity (Wildman–Crippen MR) is 66.5 cm³/mol. The van der Waals surface area contributed by atoms with Crippen molar-refractivity contribution in [2.45, 2.75) is 18.7 Å². The van der Waals surface area contributed by atoms with Gasteiger partial charge < -0.3 is 4.90 Å². The minimum Gasteiger partial charge on any atom is -0.371 e.